The SMILES string of the molecule is ClC(Cc1cccc2ccccc12)C1CCCCC1. The minimum Gasteiger partial charge on any atom is -0.122 e. The molecule has 1 saturated carbocycles. The molecule has 1 fully saturated rings. The summed E-state index contributed by atoms with van der Waals surface area (Å²) in [6.07, 6.45) is 7.77. The van der Waals surface area contributed by atoms with E-state index in [9.17, 15) is 0 Å². The summed E-state index contributed by atoms with van der Waals surface area (Å²) in [5.41, 5.74) is 1.41. The van der Waals surface area contributed by atoms with Gasteiger partial charge in [0.25, 0.3) is 0 Å². The van der Waals surface area contributed by atoms with Gasteiger partial charge in [0.15, 0.2) is 0 Å². The molecular formula is C18H21Cl. The molecule has 2 aromatic carbocycles. The lowest BCUT2D eigenvalue weighted by Gasteiger charge is -2.26. The van der Waals surface area contributed by atoms with Gasteiger partial charge in [-0.1, -0.05) is 61.7 Å². The van der Waals surface area contributed by atoms with Crippen LogP contribution in [0.5, 0.6) is 0 Å². The zero-order valence-electron chi connectivity index (χ0n) is 11.3. The van der Waals surface area contributed by atoms with Gasteiger partial charge in [0, 0.05) is 5.38 Å². The highest BCUT2D eigenvalue weighted by molar-refractivity contribution is 6.21. The number of halogens is 1. The van der Waals surface area contributed by atoms with Crippen molar-refractivity contribution in [3.05, 3.63) is 48.0 Å². The summed E-state index contributed by atoms with van der Waals surface area (Å²) < 4.78 is 0. The number of alkyl halides is 1. The van der Waals surface area contributed by atoms with Crippen LogP contribution in [0, 0.1) is 5.92 Å². The summed E-state index contributed by atoms with van der Waals surface area (Å²) in [5, 5.41) is 2.99. The van der Waals surface area contributed by atoms with E-state index in [-0.39, 0.29) is 0 Å². The van der Waals surface area contributed by atoms with Crippen molar-refractivity contribution in [2.75, 3.05) is 0 Å². The molecule has 0 N–H and O–H groups in total. The third-order valence-electron chi connectivity index (χ3n) is 4.46. The molecule has 0 bridgehead atoms. The van der Waals surface area contributed by atoms with Crippen molar-refractivity contribution in [2.24, 2.45) is 5.92 Å². The van der Waals surface area contributed by atoms with Crippen molar-refractivity contribution in [1.29, 1.82) is 0 Å². The van der Waals surface area contributed by atoms with Crippen LogP contribution in [0.25, 0.3) is 10.8 Å². The van der Waals surface area contributed by atoms with E-state index in [1.54, 1.807) is 0 Å². The van der Waals surface area contributed by atoms with Crippen LogP contribution in [0.4, 0.5) is 0 Å². The molecule has 2 aromatic rings. The Bertz CT molecular complexity index is 535. The molecule has 0 amide bonds. The molecule has 0 heterocycles. The van der Waals surface area contributed by atoms with Gasteiger partial charge in [-0.3, -0.25) is 0 Å². The van der Waals surface area contributed by atoms with E-state index in [1.165, 1.54) is 48.4 Å². The van der Waals surface area contributed by atoms with Gasteiger partial charge < -0.3 is 0 Å². The van der Waals surface area contributed by atoms with E-state index < -0.39 is 0 Å². The first kappa shape index (κ1) is 13.0. The van der Waals surface area contributed by atoms with Crippen LogP contribution < -0.4 is 0 Å². The highest BCUT2D eigenvalue weighted by Gasteiger charge is 2.22. The fourth-order valence-electron chi connectivity index (χ4n) is 3.34. The predicted octanol–water partition coefficient (Wildman–Crippen LogP) is 5.57. The number of hydrogen-bond acceptors (Lipinski definition) is 0. The first-order chi connectivity index (χ1) is 9.34. The van der Waals surface area contributed by atoms with Crippen molar-refractivity contribution < 1.29 is 0 Å². The maximum absolute atomic E-state index is 6.69. The summed E-state index contributed by atoms with van der Waals surface area (Å²) in [6, 6.07) is 15.2. The van der Waals surface area contributed by atoms with E-state index in [1.807, 2.05) is 0 Å². The second kappa shape index (κ2) is 5.96. The lowest BCUT2D eigenvalue weighted by molar-refractivity contribution is 0.344. The van der Waals surface area contributed by atoms with Gasteiger partial charge in [-0.25, -0.2) is 0 Å². The summed E-state index contributed by atoms with van der Waals surface area (Å²) in [4.78, 5) is 0. The first-order valence-electron chi connectivity index (χ1n) is 7.45. The highest BCUT2D eigenvalue weighted by atomic mass is 35.5. The quantitative estimate of drug-likeness (QED) is 0.641. The summed E-state index contributed by atoms with van der Waals surface area (Å²) in [7, 11) is 0. The number of rotatable bonds is 3. The molecule has 1 heteroatoms. The fraction of sp³-hybridized carbons (Fsp3) is 0.444. The topological polar surface area (TPSA) is 0 Å². The normalized spacial score (nSPS) is 18.6. The molecule has 1 unspecified atom stereocenters. The maximum atomic E-state index is 6.69. The van der Waals surface area contributed by atoms with Gasteiger partial charge in [-0.15, -0.1) is 11.6 Å². The van der Waals surface area contributed by atoms with Crippen molar-refractivity contribution in [2.45, 2.75) is 43.9 Å². The molecule has 0 nitrogen and oxygen atoms in total. The summed E-state index contributed by atoms with van der Waals surface area (Å²) in [6.45, 7) is 0. The molecule has 1 atom stereocenters. The van der Waals surface area contributed by atoms with Crippen LogP contribution in [0.1, 0.15) is 37.7 Å². The summed E-state index contributed by atoms with van der Waals surface area (Å²) >= 11 is 6.69. The van der Waals surface area contributed by atoms with Gasteiger partial charge >= 0.3 is 0 Å². The van der Waals surface area contributed by atoms with Gasteiger partial charge in [-0.2, -0.15) is 0 Å². The first-order valence-corrected chi connectivity index (χ1v) is 7.89. The lowest BCUT2D eigenvalue weighted by atomic mass is 9.84. The number of fused-ring (bicyclic) bond motifs is 1. The minimum absolute atomic E-state index is 0.297. The highest BCUT2D eigenvalue weighted by Crippen LogP contribution is 2.32. The standard InChI is InChI=1S/C18H21Cl/c19-18(15-8-2-1-3-9-15)13-16-11-6-10-14-7-4-5-12-17(14)16/h4-7,10-12,15,18H,1-3,8-9,13H2. The van der Waals surface area contributed by atoms with E-state index in [0.717, 1.165) is 12.3 Å². The van der Waals surface area contributed by atoms with Gasteiger partial charge in [-0.05, 0) is 41.5 Å². The average molecular weight is 273 g/mol. The third kappa shape index (κ3) is 2.95. The van der Waals surface area contributed by atoms with Gasteiger partial charge in [0.2, 0.25) is 0 Å². The van der Waals surface area contributed by atoms with Crippen LogP contribution in [0.15, 0.2) is 42.5 Å². The molecule has 1 aliphatic rings. The van der Waals surface area contributed by atoms with Crippen LogP contribution in [-0.2, 0) is 6.42 Å². The van der Waals surface area contributed by atoms with E-state index in [0.29, 0.717) is 5.38 Å². The lowest BCUT2D eigenvalue weighted by Crippen LogP contribution is -2.20. The predicted molar refractivity (Wildman–Crippen MR) is 83.9 cm³/mol. The molecule has 0 radical (unpaired) electrons. The van der Waals surface area contributed by atoms with Crippen molar-refractivity contribution in [3.8, 4) is 0 Å². The Labute approximate surface area is 120 Å². The second-order valence-corrected chi connectivity index (χ2v) is 6.32. The fourth-order valence-corrected chi connectivity index (χ4v) is 3.76. The Balaban J connectivity index is 1.80. The molecule has 0 spiro atoms. The molecule has 3 rings (SSSR count). The largest absolute Gasteiger partial charge is 0.122 e. The maximum Gasteiger partial charge on any atom is 0.0404 e. The van der Waals surface area contributed by atoms with Gasteiger partial charge in [0.05, 0.1) is 0 Å². The Kier molecular flexibility index (Phi) is 4.08. The Morgan fingerprint density at radius 3 is 2.53 bits per heavy atom. The molecule has 19 heavy (non-hydrogen) atoms. The molecule has 0 aromatic heterocycles. The van der Waals surface area contributed by atoms with E-state index in [2.05, 4.69) is 42.5 Å². The monoisotopic (exact) mass is 272 g/mol. The molecule has 100 valence electrons. The number of hydrogen-bond donors (Lipinski definition) is 0. The second-order valence-electron chi connectivity index (χ2n) is 5.76. The molecular weight excluding hydrogens is 252 g/mol. The zero-order chi connectivity index (χ0) is 13.1. The van der Waals surface area contributed by atoms with E-state index in [4.69, 9.17) is 11.6 Å². The van der Waals surface area contributed by atoms with E-state index >= 15 is 0 Å². The van der Waals surface area contributed by atoms with Crippen LogP contribution in [0.3, 0.4) is 0 Å². The van der Waals surface area contributed by atoms with Crippen molar-refractivity contribution in [3.63, 3.8) is 0 Å². The molecule has 1 aliphatic carbocycles. The van der Waals surface area contributed by atoms with Crippen molar-refractivity contribution >= 4 is 22.4 Å². The number of benzene rings is 2. The average Bonchev–Trinajstić information content (AvgIpc) is 2.48. The molecule has 0 saturated heterocycles. The van der Waals surface area contributed by atoms with Crippen LogP contribution >= 0.6 is 11.6 Å². The smallest absolute Gasteiger partial charge is 0.0404 e. The molecule has 0 aliphatic heterocycles. The Hall–Kier alpha value is -1.01. The Morgan fingerprint density at radius 1 is 0.947 bits per heavy atom. The third-order valence-corrected chi connectivity index (χ3v) is 4.97. The Morgan fingerprint density at radius 2 is 1.68 bits per heavy atom. The van der Waals surface area contributed by atoms with Crippen molar-refractivity contribution in [1.82, 2.24) is 0 Å². The van der Waals surface area contributed by atoms with Crippen LogP contribution in [0.2, 0.25) is 0 Å². The minimum atomic E-state index is 0.297. The summed E-state index contributed by atoms with van der Waals surface area (Å²) in [5.74, 6) is 0.717. The zero-order valence-corrected chi connectivity index (χ0v) is 12.1. The van der Waals surface area contributed by atoms with Gasteiger partial charge in [0.1, 0.15) is 0 Å². The van der Waals surface area contributed by atoms with Crippen LogP contribution in [-0.4, -0.2) is 5.38 Å².